The number of morpholine rings is 1. The Morgan fingerprint density at radius 2 is 1.86 bits per heavy atom. The first-order chi connectivity index (χ1) is 13.6. The number of aliphatic hydroxyl groups is 1. The summed E-state index contributed by atoms with van der Waals surface area (Å²) in [4.78, 5) is 0. The van der Waals surface area contributed by atoms with Gasteiger partial charge < -0.3 is 24.6 Å². The van der Waals surface area contributed by atoms with E-state index in [-0.39, 0.29) is 6.10 Å². The van der Waals surface area contributed by atoms with Crippen LogP contribution in [0.5, 0.6) is 11.5 Å². The highest BCUT2D eigenvalue weighted by Crippen LogP contribution is 2.40. The maximum atomic E-state index is 11.8. The molecule has 5 nitrogen and oxygen atoms in total. The van der Waals surface area contributed by atoms with Gasteiger partial charge in [-0.3, -0.25) is 0 Å². The van der Waals surface area contributed by atoms with Crippen LogP contribution in [0.1, 0.15) is 30.4 Å². The first-order valence-corrected chi connectivity index (χ1v) is 10.0. The van der Waals surface area contributed by atoms with Crippen LogP contribution in [0.25, 0.3) is 0 Å². The molecule has 2 N–H and O–H groups in total. The number of methoxy groups -OCH3 is 1. The van der Waals surface area contributed by atoms with Crippen LogP contribution in [0.4, 0.5) is 0 Å². The quantitative estimate of drug-likeness (QED) is 0.644. The lowest BCUT2D eigenvalue weighted by Crippen LogP contribution is -2.51. The zero-order valence-corrected chi connectivity index (χ0v) is 16.8. The van der Waals surface area contributed by atoms with Gasteiger partial charge in [-0.05, 0) is 43.9 Å². The van der Waals surface area contributed by atoms with Crippen LogP contribution in [0.15, 0.2) is 48.5 Å². The summed E-state index contributed by atoms with van der Waals surface area (Å²) < 4.78 is 17.4. The standard InChI is InChI=1S/C23H31NO4/c1-18-9-3-5-11-20(18)28-21-12-6-4-10-19(21)23(25,13-7-8-15-26-2)22-17-24-14-16-27-22/h3-6,9-12,22,24-25H,7-8,13-17H2,1-2H3. The fourth-order valence-electron chi connectivity index (χ4n) is 3.68. The van der Waals surface area contributed by atoms with Crippen molar-refractivity contribution in [3.63, 3.8) is 0 Å². The highest BCUT2D eigenvalue weighted by Gasteiger charge is 2.41. The Balaban J connectivity index is 1.91. The SMILES string of the molecule is COCCCCC(O)(c1ccccc1Oc1ccccc1C)C1CNCCO1. The number of benzene rings is 2. The number of para-hydroxylation sites is 2. The van der Waals surface area contributed by atoms with Crippen molar-refractivity contribution in [3.05, 3.63) is 59.7 Å². The second-order valence-corrected chi connectivity index (χ2v) is 7.30. The third-order valence-electron chi connectivity index (χ3n) is 5.28. The highest BCUT2D eigenvalue weighted by atomic mass is 16.5. The molecular formula is C23H31NO4. The van der Waals surface area contributed by atoms with Gasteiger partial charge in [-0.1, -0.05) is 36.4 Å². The van der Waals surface area contributed by atoms with Gasteiger partial charge in [0.1, 0.15) is 23.2 Å². The molecule has 1 aliphatic heterocycles. The molecule has 0 bridgehead atoms. The summed E-state index contributed by atoms with van der Waals surface area (Å²) in [7, 11) is 1.70. The zero-order valence-electron chi connectivity index (χ0n) is 16.8. The van der Waals surface area contributed by atoms with Crippen molar-refractivity contribution in [2.45, 2.75) is 37.9 Å². The van der Waals surface area contributed by atoms with Crippen LogP contribution in [-0.2, 0) is 15.1 Å². The van der Waals surface area contributed by atoms with Crippen LogP contribution in [0.3, 0.4) is 0 Å². The van der Waals surface area contributed by atoms with E-state index in [4.69, 9.17) is 14.2 Å². The Bertz CT molecular complexity index is 745. The monoisotopic (exact) mass is 385 g/mol. The minimum absolute atomic E-state index is 0.328. The molecule has 2 atom stereocenters. The smallest absolute Gasteiger partial charge is 0.133 e. The maximum absolute atomic E-state index is 11.8. The third kappa shape index (κ3) is 4.92. The van der Waals surface area contributed by atoms with E-state index >= 15 is 0 Å². The summed E-state index contributed by atoms with van der Waals surface area (Å²) in [6.07, 6.45) is 1.98. The van der Waals surface area contributed by atoms with Crippen LogP contribution < -0.4 is 10.1 Å². The number of nitrogens with one attached hydrogen (secondary N) is 1. The van der Waals surface area contributed by atoms with Gasteiger partial charge in [-0.25, -0.2) is 0 Å². The van der Waals surface area contributed by atoms with E-state index in [9.17, 15) is 5.11 Å². The van der Waals surface area contributed by atoms with E-state index in [2.05, 4.69) is 5.32 Å². The molecule has 1 saturated heterocycles. The molecule has 1 aliphatic rings. The van der Waals surface area contributed by atoms with Crippen molar-refractivity contribution in [3.8, 4) is 11.5 Å². The Labute approximate surface area is 167 Å². The summed E-state index contributed by atoms with van der Waals surface area (Å²) in [5.41, 5.74) is 0.682. The molecule has 3 rings (SSSR count). The molecule has 0 amide bonds. The van der Waals surface area contributed by atoms with Gasteiger partial charge in [0.05, 0.1) is 6.61 Å². The molecule has 2 aromatic carbocycles. The minimum Gasteiger partial charge on any atom is -0.457 e. The Kier molecular flexibility index (Phi) is 7.45. The van der Waals surface area contributed by atoms with E-state index < -0.39 is 5.60 Å². The Hall–Kier alpha value is -1.92. The lowest BCUT2D eigenvalue weighted by Gasteiger charge is -2.39. The van der Waals surface area contributed by atoms with E-state index in [1.807, 2.05) is 55.5 Å². The number of ether oxygens (including phenoxy) is 3. The molecule has 2 unspecified atom stereocenters. The van der Waals surface area contributed by atoms with Crippen molar-refractivity contribution in [1.82, 2.24) is 5.32 Å². The number of hydrogen-bond donors (Lipinski definition) is 2. The molecule has 0 aromatic heterocycles. The minimum atomic E-state index is -1.14. The molecule has 0 saturated carbocycles. The number of hydrogen-bond acceptors (Lipinski definition) is 5. The summed E-state index contributed by atoms with van der Waals surface area (Å²) in [5, 5.41) is 15.2. The molecule has 0 spiro atoms. The summed E-state index contributed by atoms with van der Waals surface area (Å²) in [6.45, 7) is 4.70. The molecule has 28 heavy (non-hydrogen) atoms. The third-order valence-corrected chi connectivity index (χ3v) is 5.28. The molecule has 152 valence electrons. The molecule has 0 radical (unpaired) electrons. The average Bonchev–Trinajstić information content (AvgIpc) is 2.74. The van der Waals surface area contributed by atoms with Gasteiger partial charge in [0.2, 0.25) is 0 Å². The number of unbranched alkanes of at least 4 members (excludes halogenated alkanes) is 1. The topological polar surface area (TPSA) is 60.0 Å². The predicted octanol–water partition coefficient (Wildman–Crippen LogP) is 3.78. The normalized spacial score (nSPS) is 19.2. The zero-order chi connectivity index (χ0) is 19.8. The van der Waals surface area contributed by atoms with Gasteiger partial charge >= 0.3 is 0 Å². The van der Waals surface area contributed by atoms with Gasteiger partial charge in [-0.15, -0.1) is 0 Å². The maximum Gasteiger partial charge on any atom is 0.133 e. The molecule has 1 fully saturated rings. The largest absolute Gasteiger partial charge is 0.457 e. The predicted molar refractivity (Wildman–Crippen MR) is 110 cm³/mol. The van der Waals surface area contributed by atoms with Crippen molar-refractivity contribution in [2.24, 2.45) is 0 Å². The first-order valence-electron chi connectivity index (χ1n) is 10.0. The van der Waals surface area contributed by atoms with E-state index in [0.29, 0.717) is 31.9 Å². The van der Waals surface area contributed by atoms with Crippen LogP contribution >= 0.6 is 0 Å². The van der Waals surface area contributed by atoms with Crippen molar-refractivity contribution in [1.29, 1.82) is 0 Å². The van der Waals surface area contributed by atoms with Gasteiger partial charge in [0, 0.05) is 32.4 Å². The average molecular weight is 386 g/mol. The Morgan fingerprint density at radius 1 is 1.11 bits per heavy atom. The van der Waals surface area contributed by atoms with Crippen molar-refractivity contribution < 1.29 is 19.3 Å². The van der Waals surface area contributed by atoms with Gasteiger partial charge in [0.15, 0.2) is 0 Å². The molecular weight excluding hydrogens is 354 g/mol. The Morgan fingerprint density at radius 3 is 2.57 bits per heavy atom. The molecule has 0 aliphatic carbocycles. The first kappa shape index (κ1) is 20.8. The van der Waals surface area contributed by atoms with Gasteiger partial charge in [-0.2, -0.15) is 0 Å². The molecule has 2 aromatic rings. The fraction of sp³-hybridized carbons (Fsp3) is 0.478. The molecule has 1 heterocycles. The molecule has 5 heteroatoms. The van der Waals surface area contributed by atoms with Gasteiger partial charge in [0.25, 0.3) is 0 Å². The van der Waals surface area contributed by atoms with E-state index in [0.717, 1.165) is 36.3 Å². The second-order valence-electron chi connectivity index (χ2n) is 7.30. The van der Waals surface area contributed by atoms with Crippen LogP contribution in [-0.4, -0.2) is 44.6 Å². The second kappa shape index (κ2) is 10.0. The summed E-state index contributed by atoms with van der Waals surface area (Å²) in [6, 6.07) is 15.6. The fourth-order valence-corrected chi connectivity index (χ4v) is 3.68. The van der Waals surface area contributed by atoms with E-state index in [1.165, 1.54) is 0 Å². The summed E-state index contributed by atoms with van der Waals surface area (Å²) in [5.74, 6) is 1.46. The number of aryl methyl sites for hydroxylation is 1. The van der Waals surface area contributed by atoms with Crippen LogP contribution in [0.2, 0.25) is 0 Å². The van der Waals surface area contributed by atoms with E-state index in [1.54, 1.807) is 7.11 Å². The number of rotatable bonds is 9. The lowest BCUT2D eigenvalue weighted by atomic mass is 9.82. The lowest BCUT2D eigenvalue weighted by molar-refractivity contribution is -0.130. The summed E-state index contributed by atoms with van der Waals surface area (Å²) >= 11 is 0. The van der Waals surface area contributed by atoms with Crippen LogP contribution in [0, 0.1) is 6.92 Å². The highest BCUT2D eigenvalue weighted by molar-refractivity contribution is 5.44. The van der Waals surface area contributed by atoms with Crippen molar-refractivity contribution >= 4 is 0 Å². The van der Waals surface area contributed by atoms with Crippen molar-refractivity contribution in [2.75, 3.05) is 33.4 Å².